The molecule has 1 aliphatic rings. The van der Waals surface area contributed by atoms with Crippen LogP contribution >= 0.6 is 0 Å². The molecule has 6 nitrogen and oxygen atoms in total. The third-order valence-electron chi connectivity index (χ3n) is 3.02. The van der Waals surface area contributed by atoms with Crippen LogP contribution in [0.2, 0.25) is 0 Å². The molecule has 16 heavy (non-hydrogen) atoms. The lowest BCUT2D eigenvalue weighted by molar-refractivity contribution is 0.314. The van der Waals surface area contributed by atoms with Crippen LogP contribution in [0, 0.1) is 0 Å². The average Bonchev–Trinajstić information content (AvgIpc) is 3.01. The Kier molecular flexibility index (Phi) is 2.40. The summed E-state index contributed by atoms with van der Waals surface area (Å²) in [6.07, 6.45) is 7.57. The smallest absolute Gasteiger partial charge is 0.239 e. The van der Waals surface area contributed by atoms with Crippen molar-refractivity contribution < 1.29 is 4.52 Å². The maximum absolute atomic E-state index is 5.28. The number of H-pyrrole nitrogens is 1. The van der Waals surface area contributed by atoms with Crippen molar-refractivity contribution in [3.63, 3.8) is 0 Å². The fourth-order valence-electron chi connectivity index (χ4n) is 2.16. The molecule has 2 aromatic heterocycles. The van der Waals surface area contributed by atoms with Crippen molar-refractivity contribution in [1.82, 2.24) is 25.3 Å². The molecule has 2 heterocycles. The molecule has 1 N–H and O–H groups in total. The molecule has 1 fully saturated rings. The highest BCUT2D eigenvalue weighted by Crippen LogP contribution is 2.32. The number of hydrogen-bond acceptors (Lipinski definition) is 5. The predicted molar refractivity (Wildman–Crippen MR) is 55.5 cm³/mol. The van der Waals surface area contributed by atoms with Crippen LogP contribution in [0.1, 0.15) is 43.9 Å². The average molecular weight is 219 g/mol. The molecule has 2 aromatic rings. The number of aromatic amines is 1. The second-order valence-electron chi connectivity index (χ2n) is 4.13. The summed E-state index contributed by atoms with van der Waals surface area (Å²) in [4.78, 5) is 8.36. The molecule has 0 saturated heterocycles. The van der Waals surface area contributed by atoms with E-state index in [9.17, 15) is 0 Å². The molecule has 3 rings (SSSR count). The minimum atomic E-state index is 0.429. The van der Waals surface area contributed by atoms with Gasteiger partial charge in [-0.2, -0.15) is 10.1 Å². The Morgan fingerprint density at radius 3 is 2.88 bits per heavy atom. The molecule has 0 atom stereocenters. The van der Waals surface area contributed by atoms with Crippen LogP contribution in [0.5, 0.6) is 0 Å². The number of nitrogens with zero attached hydrogens (tertiary/aromatic N) is 4. The van der Waals surface area contributed by atoms with E-state index in [2.05, 4.69) is 25.3 Å². The number of hydrogen-bond donors (Lipinski definition) is 1. The van der Waals surface area contributed by atoms with Crippen molar-refractivity contribution in [2.24, 2.45) is 0 Å². The van der Waals surface area contributed by atoms with Crippen LogP contribution in [0.3, 0.4) is 0 Å². The van der Waals surface area contributed by atoms with E-state index in [4.69, 9.17) is 4.52 Å². The molecule has 0 unspecified atom stereocenters. The van der Waals surface area contributed by atoms with Gasteiger partial charge in [-0.1, -0.05) is 24.4 Å². The third kappa shape index (κ3) is 1.70. The fourth-order valence-corrected chi connectivity index (χ4v) is 2.16. The van der Waals surface area contributed by atoms with E-state index in [0.717, 1.165) is 18.7 Å². The molecule has 84 valence electrons. The van der Waals surface area contributed by atoms with Crippen LogP contribution in [-0.4, -0.2) is 25.3 Å². The molecule has 0 amide bonds. The summed E-state index contributed by atoms with van der Waals surface area (Å²) in [6, 6.07) is 0. The van der Waals surface area contributed by atoms with Gasteiger partial charge in [-0.05, 0) is 12.8 Å². The molecule has 0 aromatic carbocycles. The maximum atomic E-state index is 5.28. The van der Waals surface area contributed by atoms with Gasteiger partial charge >= 0.3 is 0 Å². The molecule has 0 bridgehead atoms. The Labute approximate surface area is 92.5 Å². The van der Waals surface area contributed by atoms with Gasteiger partial charge in [0.25, 0.3) is 0 Å². The zero-order chi connectivity index (χ0) is 10.8. The number of rotatable bonds is 2. The molecule has 0 radical (unpaired) electrons. The Morgan fingerprint density at radius 1 is 1.25 bits per heavy atom. The lowest BCUT2D eigenvalue weighted by Gasteiger charge is -2.17. The van der Waals surface area contributed by atoms with Crippen molar-refractivity contribution >= 4 is 0 Å². The van der Waals surface area contributed by atoms with Gasteiger partial charge in [0.15, 0.2) is 5.82 Å². The first-order valence-electron chi connectivity index (χ1n) is 5.63. The standard InChI is InChI=1S/C10H13N5O/c1-2-4-7(5-3-1)10-13-9(15-16-10)8-11-6-12-14-8/h6-7H,1-5H2,(H,11,12,14). The van der Waals surface area contributed by atoms with Crippen molar-refractivity contribution in [3.05, 3.63) is 12.2 Å². The molecular weight excluding hydrogens is 206 g/mol. The summed E-state index contributed by atoms with van der Waals surface area (Å²) in [5.41, 5.74) is 0. The Balaban J connectivity index is 1.82. The summed E-state index contributed by atoms with van der Waals surface area (Å²) >= 11 is 0. The van der Waals surface area contributed by atoms with Crippen molar-refractivity contribution in [1.29, 1.82) is 0 Å². The van der Waals surface area contributed by atoms with Gasteiger partial charge < -0.3 is 4.52 Å². The molecule has 1 saturated carbocycles. The van der Waals surface area contributed by atoms with Gasteiger partial charge in [-0.25, -0.2) is 4.98 Å². The van der Waals surface area contributed by atoms with E-state index in [1.54, 1.807) is 0 Å². The summed E-state index contributed by atoms with van der Waals surface area (Å²) in [5.74, 6) is 2.23. The van der Waals surface area contributed by atoms with Gasteiger partial charge in [0.2, 0.25) is 11.7 Å². The lowest BCUT2D eigenvalue weighted by Crippen LogP contribution is -2.04. The van der Waals surface area contributed by atoms with Gasteiger partial charge in [0.05, 0.1) is 0 Å². The van der Waals surface area contributed by atoms with Crippen LogP contribution in [0.25, 0.3) is 11.6 Å². The second-order valence-corrected chi connectivity index (χ2v) is 4.13. The zero-order valence-corrected chi connectivity index (χ0v) is 8.89. The third-order valence-corrected chi connectivity index (χ3v) is 3.02. The van der Waals surface area contributed by atoms with Crippen molar-refractivity contribution in [2.45, 2.75) is 38.0 Å². The summed E-state index contributed by atoms with van der Waals surface area (Å²) in [5, 5.41) is 10.4. The quantitative estimate of drug-likeness (QED) is 0.834. The first-order valence-corrected chi connectivity index (χ1v) is 5.63. The van der Waals surface area contributed by atoms with Gasteiger partial charge in [-0.3, -0.25) is 5.10 Å². The Bertz CT molecular complexity index is 443. The summed E-state index contributed by atoms with van der Waals surface area (Å²) in [7, 11) is 0. The normalized spacial score (nSPS) is 17.8. The first kappa shape index (κ1) is 9.50. The van der Waals surface area contributed by atoms with Crippen LogP contribution in [-0.2, 0) is 0 Å². The minimum Gasteiger partial charge on any atom is -0.339 e. The van der Waals surface area contributed by atoms with E-state index < -0.39 is 0 Å². The SMILES string of the molecule is c1n[nH]c(-c2noc(C3CCCCC3)n2)n1. The van der Waals surface area contributed by atoms with E-state index >= 15 is 0 Å². The maximum Gasteiger partial charge on any atom is 0.239 e. The summed E-state index contributed by atoms with van der Waals surface area (Å²) in [6.45, 7) is 0. The largest absolute Gasteiger partial charge is 0.339 e. The van der Waals surface area contributed by atoms with Crippen LogP contribution in [0.4, 0.5) is 0 Å². The molecule has 1 aliphatic carbocycles. The van der Waals surface area contributed by atoms with E-state index in [-0.39, 0.29) is 0 Å². The highest BCUT2D eigenvalue weighted by atomic mass is 16.5. The Morgan fingerprint density at radius 2 is 2.12 bits per heavy atom. The molecule has 0 spiro atoms. The molecule has 0 aliphatic heterocycles. The van der Waals surface area contributed by atoms with Gasteiger partial charge in [-0.15, -0.1) is 0 Å². The zero-order valence-electron chi connectivity index (χ0n) is 8.89. The second kappa shape index (κ2) is 4.03. The van der Waals surface area contributed by atoms with Crippen LogP contribution in [0.15, 0.2) is 10.9 Å². The van der Waals surface area contributed by atoms with E-state index in [1.165, 1.54) is 25.6 Å². The van der Waals surface area contributed by atoms with E-state index in [0.29, 0.717) is 17.6 Å². The summed E-state index contributed by atoms with van der Waals surface area (Å²) < 4.78 is 5.28. The number of nitrogens with one attached hydrogen (secondary N) is 1. The van der Waals surface area contributed by atoms with E-state index in [1.807, 2.05) is 0 Å². The van der Waals surface area contributed by atoms with Crippen molar-refractivity contribution in [2.75, 3.05) is 0 Å². The van der Waals surface area contributed by atoms with Gasteiger partial charge in [0.1, 0.15) is 6.33 Å². The topological polar surface area (TPSA) is 80.5 Å². The molecule has 6 heteroatoms. The molecular formula is C10H13N5O. The fraction of sp³-hybridized carbons (Fsp3) is 0.600. The van der Waals surface area contributed by atoms with Crippen molar-refractivity contribution in [3.8, 4) is 11.6 Å². The highest BCUT2D eigenvalue weighted by molar-refractivity contribution is 5.39. The predicted octanol–water partition coefficient (Wildman–Crippen LogP) is 1.90. The number of aromatic nitrogens is 5. The monoisotopic (exact) mass is 219 g/mol. The first-order chi connectivity index (χ1) is 7.93. The minimum absolute atomic E-state index is 0.429. The Hall–Kier alpha value is -1.72. The van der Waals surface area contributed by atoms with Gasteiger partial charge in [0, 0.05) is 5.92 Å². The van der Waals surface area contributed by atoms with Crippen LogP contribution < -0.4 is 0 Å². The highest BCUT2D eigenvalue weighted by Gasteiger charge is 2.22. The lowest BCUT2D eigenvalue weighted by atomic mass is 9.89.